The minimum absolute atomic E-state index is 0.104. The lowest BCUT2D eigenvalue weighted by molar-refractivity contribution is -0.385. The van der Waals surface area contributed by atoms with Crippen LogP contribution in [0.15, 0.2) is 76.2 Å². The molecule has 2 heterocycles. The maximum atomic E-state index is 13.9. The first-order chi connectivity index (χ1) is 19.2. The number of carbonyl (C=O) groups is 1. The van der Waals surface area contributed by atoms with Gasteiger partial charge in [0.1, 0.15) is 6.61 Å². The van der Waals surface area contributed by atoms with Crippen LogP contribution in [-0.2, 0) is 9.53 Å². The molecular formula is C29H29N3O7S. The highest BCUT2D eigenvalue weighted by Crippen LogP contribution is 2.36. The molecule has 2 aromatic carbocycles. The van der Waals surface area contributed by atoms with Gasteiger partial charge in [-0.2, -0.15) is 0 Å². The van der Waals surface area contributed by atoms with Gasteiger partial charge in [0.25, 0.3) is 11.2 Å². The summed E-state index contributed by atoms with van der Waals surface area (Å²) in [6.07, 6.45) is 3.08. The Labute approximate surface area is 234 Å². The third-order valence-electron chi connectivity index (χ3n) is 6.07. The number of para-hydroxylation sites is 1. The molecular weight excluding hydrogens is 534 g/mol. The predicted molar refractivity (Wildman–Crippen MR) is 151 cm³/mol. The third-order valence-corrected chi connectivity index (χ3v) is 7.05. The Morgan fingerprint density at radius 1 is 1.25 bits per heavy atom. The zero-order valence-corrected chi connectivity index (χ0v) is 23.4. The molecule has 0 aliphatic carbocycles. The summed E-state index contributed by atoms with van der Waals surface area (Å²) in [4.78, 5) is 43.2. The number of rotatable bonds is 10. The quantitative estimate of drug-likeness (QED) is 0.159. The van der Waals surface area contributed by atoms with E-state index in [0.29, 0.717) is 27.6 Å². The number of nitrogens with zero attached hydrogens (tertiary/aromatic N) is 3. The van der Waals surface area contributed by atoms with Crippen LogP contribution in [0, 0.1) is 16.0 Å². The maximum Gasteiger partial charge on any atom is 0.338 e. The lowest BCUT2D eigenvalue weighted by Crippen LogP contribution is -2.40. The summed E-state index contributed by atoms with van der Waals surface area (Å²) in [5.41, 5.74) is 0.910. The molecule has 0 radical (unpaired) electrons. The van der Waals surface area contributed by atoms with Gasteiger partial charge in [0.2, 0.25) is 0 Å². The molecule has 208 valence electrons. The second-order valence-electron chi connectivity index (χ2n) is 9.40. The van der Waals surface area contributed by atoms with Crippen molar-refractivity contribution in [3.8, 4) is 11.5 Å². The summed E-state index contributed by atoms with van der Waals surface area (Å²) in [5.74, 6) is 0.400. The Bertz CT molecular complexity index is 1680. The molecule has 0 fully saturated rings. The molecule has 1 aliphatic heterocycles. The van der Waals surface area contributed by atoms with Crippen LogP contribution >= 0.6 is 11.3 Å². The molecule has 1 aliphatic rings. The van der Waals surface area contributed by atoms with E-state index in [0.717, 1.165) is 11.3 Å². The second kappa shape index (κ2) is 12.1. The Kier molecular flexibility index (Phi) is 8.64. The number of thiazole rings is 1. The number of nitro groups is 1. The molecule has 1 unspecified atom stereocenters. The molecule has 40 heavy (non-hydrogen) atoms. The van der Waals surface area contributed by atoms with Gasteiger partial charge in [-0.1, -0.05) is 56.0 Å². The summed E-state index contributed by atoms with van der Waals surface area (Å²) in [6, 6.07) is 10.4. The van der Waals surface area contributed by atoms with E-state index in [4.69, 9.17) is 14.2 Å². The molecule has 3 aromatic rings. The molecule has 1 atom stereocenters. The number of carbonyl (C=O) groups excluding carboxylic acids is 1. The molecule has 0 bridgehead atoms. The summed E-state index contributed by atoms with van der Waals surface area (Å²) < 4.78 is 18.5. The van der Waals surface area contributed by atoms with Crippen LogP contribution < -0.4 is 24.4 Å². The van der Waals surface area contributed by atoms with Gasteiger partial charge in [-0.25, -0.2) is 9.79 Å². The first-order valence-corrected chi connectivity index (χ1v) is 13.3. The standard InChI is InChI=1S/C29H29N3O7S/c1-6-13-38-22-12-11-20(14-23(22)37-5)26-25(28(34)39-16-17(2)3)18(4)30-29-31(26)27(33)24(40-29)15-19-9-7-8-10-21(19)32(35)36/h6-12,14-15,17,26H,1,13,16H2,2-5H3/b24-15-. The molecule has 0 N–H and O–H groups in total. The number of methoxy groups -OCH3 is 1. The van der Waals surface area contributed by atoms with E-state index in [-0.39, 0.29) is 40.5 Å². The fourth-order valence-electron chi connectivity index (χ4n) is 4.26. The first-order valence-electron chi connectivity index (χ1n) is 12.5. The zero-order chi connectivity index (χ0) is 29.0. The van der Waals surface area contributed by atoms with Gasteiger partial charge < -0.3 is 14.2 Å². The number of ether oxygens (including phenoxy) is 3. The summed E-state index contributed by atoms with van der Waals surface area (Å²) >= 11 is 1.09. The maximum absolute atomic E-state index is 13.9. The number of allylic oxidation sites excluding steroid dienone is 1. The van der Waals surface area contributed by atoms with Crippen LogP contribution in [0.3, 0.4) is 0 Å². The van der Waals surface area contributed by atoms with Crippen LogP contribution in [0.5, 0.6) is 11.5 Å². The normalized spacial score (nSPS) is 14.9. The molecule has 10 nitrogen and oxygen atoms in total. The van der Waals surface area contributed by atoms with Crippen molar-refractivity contribution in [2.45, 2.75) is 26.8 Å². The summed E-state index contributed by atoms with van der Waals surface area (Å²) in [5, 5.41) is 11.6. The number of esters is 1. The van der Waals surface area contributed by atoms with Crippen LogP contribution in [0.4, 0.5) is 5.69 Å². The molecule has 0 spiro atoms. The minimum atomic E-state index is -0.883. The van der Waals surface area contributed by atoms with Crippen molar-refractivity contribution >= 4 is 29.1 Å². The third kappa shape index (κ3) is 5.74. The van der Waals surface area contributed by atoms with Crippen LogP contribution in [0.2, 0.25) is 0 Å². The summed E-state index contributed by atoms with van der Waals surface area (Å²) in [7, 11) is 1.50. The largest absolute Gasteiger partial charge is 0.493 e. The Balaban J connectivity index is 1.94. The number of hydrogen-bond acceptors (Lipinski definition) is 9. The van der Waals surface area contributed by atoms with E-state index >= 15 is 0 Å². The lowest BCUT2D eigenvalue weighted by atomic mass is 9.95. The van der Waals surface area contributed by atoms with E-state index < -0.39 is 22.5 Å². The van der Waals surface area contributed by atoms with Gasteiger partial charge in [-0.3, -0.25) is 19.5 Å². The molecule has 0 amide bonds. The fourth-order valence-corrected chi connectivity index (χ4v) is 5.29. The van der Waals surface area contributed by atoms with E-state index in [2.05, 4.69) is 11.6 Å². The van der Waals surface area contributed by atoms with E-state index in [1.807, 2.05) is 13.8 Å². The predicted octanol–water partition coefficient (Wildman–Crippen LogP) is 3.92. The van der Waals surface area contributed by atoms with E-state index in [1.54, 1.807) is 49.4 Å². The highest BCUT2D eigenvalue weighted by Gasteiger charge is 2.34. The molecule has 0 saturated heterocycles. The number of fused-ring (bicyclic) bond motifs is 1. The van der Waals surface area contributed by atoms with Crippen LogP contribution in [0.25, 0.3) is 6.08 Å². The van der Waals surface area contributed by atoms with Crippen molar-refractivity contribution in [3.05, 3.63) is 107 Å². The highest BCUT2D eigenvalue weighted by atomic mass is 32.1. The number of nitro benzene ring substituents is 1. The smallest absolute Gasteiger partial charge is 0.338 e. The topological polar surface area (TPSA) is 122 Å². The SMILES string of the molecule is C=CCOc1ccc(C2C(C(=O)OCC(C)C)=C(C)N=c3s/c(=C\c4ccccc4[N+](=O)[O-])c(=O)n32)cc1OC. The molecule has 11 heteroatoms. The molecule has 0 saturated carbocycles. The lowest BCUT2D eigenvalue weighted by Gasteiger charge is -2.25. The summed E-state index contributed by atoms with van der Waals surface area (Å²) in [6.45, 7) is 9.67. The van der Waals surface area contributed by atoms with Crippen LogP contribution in [-0.4, -0.2) is 35.8 Å². The minimum Gasteiger partial charge on any atom is -0.493 e. The van der Waals surface area contributed by atoms with Gasteiger partial charge in [-0.05, 0) is 42.7 Å². The van der Waals surface area contributed by atoms with E-state index in [9.17, 15) is 19.7 Å². The van der Waals surface area contributed by atoms with Gasteiger partial charge in [0.05, 0.1) is 46.0 Å². The van der Waals surface area contributed by atoms with Crippen LogP contribution in [0.1, 0.15) is 37.9 Å². The Morgan fingerprint density at radius 3 is 2.67 bits per heavy atom. The second-order valence-corrected chi connectivity index (χ2v) is 10.4. The number of aromatic nitrogens is 1. The van der Waals surface area contributed by atoms with Crippen molar-refractivity contribution in [2.24, 2.45) is 10.9 Å². The van der Waals surface area contributed by atoms with Crippen molar-refractivity contribution in [3.63, 3.8) is 0 Å². The average Bonchev–Trinajstić information content (AvgIpc) is 3.23. The number of hydrogen-bond donors (Lipinski definition) is 0. The monoisotopic (exact) mass is 563 g/mol. The van der Waals surface area contributed by atoms with Gasteiger partial charge in [-0.15, -0.1) is 0 Å². The Morgan fingerprint density at radius 2 is 2.00 bits per heavy atom. The van der Waals surface area contributed by atoms with Gasteiger partial charge >= 0.3 is 5.97 Å². The Hall–Kier alpha value is -4.51. The average molecular weight is 564 g/mol. The first kappa shape index (κ1) is 28.5. The fraction of sp³-hybridized carbons (Fsp3) is 0.276. The molecule has 1 aromatic heterocycles. The van der Waals surface area contributed by atoms with Gasteiger partial charge in [0.15, 0.2) is 16.3 Å². The van der Waals surface area contributed by atoms with Crippen molar-refractivity contribution in [2.75, 3.05) is 20.3 Å². The van der Waals surface area contributed by atoms with Crippen molar-refractivity contribution < 1.29 is 23.9 Å². The highest BCUT2D eigenvalue weighted by molar-refractivity contribution is 7.07. The van der Waals surface area contributed by atoms with Crippen molar-refractivity contribution in [1.29, 1.82) is 0 Å². The van der Waals surface area contributed by atoms with Gasteiger partial charge in [0, 0.05) is 6.07 Å². The molecule has 4 rings (SSSR count). The van der Waals surface area contributed by atoms with E-state index in [1.165, 1.54) is 23.8 Å². The zero-order valence-electron chi connectivity index (χ0n) is 22.6. The van der Waals surface area contributed by atoms with Crippen molar-refractivity contribution in [1.82, 2.24) is 4.57 Å². The number of benzene rings is 2.